The van der Waals surface area contributed by atoms with Crippen molar-refractivity contribution in [1.82, 2.24) is 4.57 Å². The molecule has 0 radical (unpaired) electrons. The normalized spacial score (nSPS) is 15.3. The molecule has 0 bridgehead atoms. The number of carbonyl (C=O) groups is 1. The summed E-state index contributed by atoms with van der Waals surface area (Å²) in [5, 5.41) is 9.24. The molecule has 180 valence electrons. The molecule has 1 atom stereocenters. The minimum absolute atomic E-state index is 0.0416. The van der Waals surface area contributed by atoms with Gasteiger partial charge in [0.15, 0.2) is 5.75 Å². The maximum absolute atomic E-state index is 15.6. The van der Waals surface area contributed by atoms with Gasteiger partial charge in [-0.1, -0.05) is 0 Å². The lowest BCUT2D eigenvalue weighted by Gasteiger charge is -2.18. The summed E-state index contributed by atoms with van der Waals surface area (Å²) in [5.41, 5.74) is 5.27. The Hall–Kier alpha value is -3.63. The average molecular weight is 500 g/mol. The van der Waals surface area contributed by atoms with Gasteiger partial charge in [0.25, 0.3) is 0 Å². The van der Waals surface area contributed by atoms with Crippen LogP contribution in [0.15, 0.2) is 41.3 Å². The topological polar surface area (TPSA) is 94.6 Å². The molecule has 1 unspecified atom stereocenters. The first-order valence-electron chi connectivity index (χ1n) is 10.7. The number of ether oxygens (including phenoxy) is 1. The molecule has 35 heavy (non-hydrogen) atoms. The van der Waals surface area contributed by atoms with Gasteiger partial charge >= 0.3 is 5.97 Å². The summed E-state index contributed by atoms with van der Waals surface area (Å²) in [6.45, 7) is 0. The third kappa shape index (κ3) is 3.69. The van der Waals surface area contributed by atoms with Crippen molar-refractivity contribution in [2.75, 3.05) is 7.11 Å². The lowest BCUT2D eigenvalue weighted by atomic mass is 9.94. The Morgan fingerprint density at radius 1 is 1.20 bits per heavy atom. The number of fused-ring (bicyclic) bond motifs is 2. The lowest BCUT2D eigenvalue weighted by Crippen LogP contribution is -2.19. The number of halogens is 3. The maximum atomic E-state index is 15.6. The molecule has 0 spiro atoms. The van der Waals surface area contributed by atoms with Gasteiger partial charge in [-0.05, 0) is 49.1 Å². The molecule has 4 aromatic rings. The molecule has 0 fully saturated rings. The van der Waals surface area contributed by atoms with Crippen LogP contribution in [-0.2, 0) is 6.42 Å². The number of aromatic nitrogens is 1. The van der Waals surface area contributed by atoms with Crippen LogP contribution in [-0.4, -0.2) is 22.8 Å². The number of hydrogen-bond donors (Lipinski definition) is 2. The van der Waals surface area contributed by atoms with Gasteiger partial charge in [0, 0.05) is 28.1 Å². The second kappa shape index (κ2) is 8.54. The molecule has 1 aliphatic rings. The number of benzene rings is 2. The van der Waals surface area contributed by atoms with Crippen LogP contribution in [0.3, 0.4) is 0 Å². The van der Waals surface area contributed by atoms with Gasteiger partial charge in [-0.25, -0.2) is 18.0 Å². The van der Waals surface area contributed by atoms with Gasteiger partial charge in [0.2, 0.25) is 5.43 Å². The number of nitrogens with two attached hydrogens (primary N) is 1. The number of hydrogen-bond acceptors (Lipinski definition) is 5. The summed E-state index contributed by atoms with van der Waals surface area (Å²) in [4.78, 5) is 26.3. The molecule has 0 amide bonds. The highest BCUT2D eigenvalue weighted by Gasteiger charge is 2.28. The van der Waals surface area contributed by atoms with E-state index in [0.29, 0.717) is 10.9 Å². The summed E-state index contributed by atoms with van der Waals surface area (Å²) >= 11 is 1.36. The number of methoxy groups -OCH3 is 1. The van der Waals surface area contributed by atoms with Crippen LogP contribution in [0.5, 0.6) is 5.75 Å². The van der Waals surface area contributed by atoms with E-state index >= 15 is 4.39 Å². The van der Waals surface area contributed by atoms with E-state index in [9.17, 15) is 23.5 Å². The number of carboxylic acid groups (broad SMARTS) is 1. The van der Waals surface area contributed by atoms with Gasteiger partial charge in [-0.2, -0.15) is 0 Å². The molecular formula is C25H19F3N2O4S. The maximum Gasteiger partial charge on any atom is 0.341 e. The Morgan fingerprint density at radius 2 is 1.97 bits per heavy atom. The molecule has 0 aliphatic heterocycles. The van der Waals surface area contributed by atoms with E-state index in [4.69, 9.17) is 10.5 Å². The molecule has 3 N–H and O–H groups in total. The molecule has 10 heteroatoms. The van der Waals surface area contributed by atoms with Gasteiger partial charge < -0.3 is 20.1 Å². The number of nitrogens with zero attached hydrogens (tertiary/aromatic N) is 1. The van der Waals surface area contributed by atoms with Crippen molar-refractivity contribution >= 4 is 28.2 Å². The van der Waals surface area contributed by atoms with Gasteiger partial charge in [0.1, 0.15) is 28.5 Å². The standard InChI is InChI=1S/C25H19F3N2O4S/c1-34-24-21(20-9-12-17(29)3-2-4-19(12)35-20)16(28)8-13-22(24)30(10-14(23(13)31)25(32)33)18-6-5-11(26)7-15(18)27/h5-10,17H,2-4,29H2,1H3,(H,32,33). The van der Waals surface area contributed by atoms with Crippen molar-refractivity contribution in [1.29, 1.82) is 0 Å². The number of pyridine rings is 1. The van der Waals surface area contributed by atoms with Crippen molar-refractivity contribution in [3.63, 3.8) is 0 Å². The largest absolute Gasteiger partial charge is 0.494 e. The highest BCUT2D eigenvalue weighted by molar-refractivity contribution is 7.15. The van der Waals surface area contributed by atoms with Gasteiger partial charge in [0.05, 0.1) is 23.7 Å². The van der Waals surface area contributed by atoms with E-state index in [1.54, 1.807) is 6.07 Å². The fourth-order valence-corrected chi connectivity index (χ4v) is 5.90. The molecule has 0 saturated carbocycles. The Balaban J connectivity index is 1.91. The first-order chi connectivity index (χ1) is 16.7. The summed E-state index contributed by atoms with van der Waals surface area (Å²) in [6, 6.07) is 5.27. The first kappa shape index (κ1) is 23.1. The second-order valence-corrected chi connectivity index (χ2v) is 9.43. The molecule has 2 aromatic carbocycles. The van der Waals surface area contributed by atoms with Crippen molar-refractivity contribution in [2.24, 2.45) is 5.73 Å². The fraction of sp³-hybridized carbons (Fsp3) is 0.200. The van der Waals surface area contributed by atoms with E-state index in [0.717, 1.165) is 58.7 Å². The summed E-state index contributed by atoms with van der Waals surface area (Å²) in [7, 11) is 1.28. The monoisotopic (exact) mass is 500 g/mol. The lowest BCUT2D eigenvalue weighted by molar-refractivity contribution is 0.0695. The van der Waals surface area contributed by atoms with E-state index in [1.165, 1.54) is 18.4 Å². The number of rotatable bonds is 4. The zero-order valence-corrected chi connectivity index (χ0v) is 19.2. The van der Waals surface area contributed by atoms with Crippen LogP contribution in [0.1, 0.15) is 39.7 Å². The van der Waals surface area contributed by atoms with E-state index in [2.05, 4.69) is 0 Å². The molecule has 5 rings (SSSR count). The summed E-state index contributed by atoms with van der Waals surface area (Å²) in [6.07, 6.45) is 3.45. The third-order valence-electron chi connectivity index (χ3n) is 6.21. The average Bonchev–Trinajstić information content (AvgIpc) is 3.24. The summed E-state index contributed by atoms with van der Waals surface area (Å²) < 4.78 is 50.6. The SMILES string of the molecule is COc1c(-c2cc3c(s2)CCCC3N)c(F)cc2c(=O)c(C(=O)O)cn(-c3ccc(F)cc3F)c12. The molecule has 2 heterocycles. The molecule has 2 aromatic heterocycles. The van der Waals surface area contributed by atoms with Crippen LogP contribution < -0.4 is 15.9 Å². The van der Waals surface area contributed by atoms with Crippen molar-refractivity contribution in [3.8, 4) is 21.9 Å². The van der Waals surface area contributed by atoms with Crippen molar-refractivity contribution in [2.45, 2.75) is 25.3 Å². The Bertz CT molecular complexity index is 1580. The summed E-state index contributed by atoms with van der Waals surface area (Å²) in [5.74, 6) is -4.29. The number of aryl methyl sites for hydroxylation is 1. The molecule has 0 saturated heterocycles. The minimum Gasteiger partial charge on any atom is -0.494 e. The van der Waals surface area contributed by atoms with Gasteiger partial charge in [-0.15, -0.1) is 11.3 Å². The second-order valence-electron chi connectivity index (χ2n) is 8.29. The highest BCUT2D eigenvalue weighted by Crippen LogP contribution is 2.45. The zero-order chi connectivity index (χ0) is 25.0. The van der Waals surface area contributed by atoms with E-state index in [1.807, 2.05) is 0 Å². The van der Waals surface area contributed by atoms with Crippen LogP contribution in [0.25, 0.3) is 27.0 Å². The van der Waals surface area contributed by atoms with Crippen LogP contribution in [0.2, 0.25) is 0 Å². The fourth-order valence-electron chi connectivity index (χ4n) is 4.59. The zero-order valence-electron chi connectivity index (χ0n) is 18.4. The predicted molar refractivity (Wildman–Crippen MR) is 126 cm³/mol. The van der Waals surface area contributed by atoms with Crippen molar-refractivity contribution < 1.29 is 27.8 Å². The van der Waals surface area contributed by atoms with Gasteiger partial charge in [-0.3, -0.25) is 4.79 Å². The predicted octanol–water partition coefficient (Wildman–Crippen LogP) is 5.18. The first-order valence-corrected chi connectivity index (χ1v) is 11.6. The molecular weight excluding hydrogens is 481 g/mol. The van der Waals surface area contributed by atoms with Crippen LogP contribution in [0, 0.1) is 17.5 Å². The van der Waals surface area contributed by atoms with Crippen molar-refractivity contribution in [3.05, 3.63) is 80.2 Å². The van der Waals surface area contributed by atoms with Crippen LogP contribution in [0.4, 0.5) is 13.2 Å². The quantitative estimate of drug-likeness (QED) is 0.403. The highest BCUT2D eigenvalue weighted by atomic mass is 32.1. The number of thiophene rings is 1. The van der Waals surface area contributed by atoms with Crippen LogP contribution >= 0.6 is 11.3 Å². The number of aromatic carboxylic acids is 1. The van der Waals surface area contributed by atoms with E-state index in [-0.39, 0.29) is 33.9 Å². The minimum atomic E-state index is -1.57. The Labute approximate surface area is 201 Å². The number of carboxylic acids is 1. The third-order valence-corrected chi connectivity index (χ3v) is 7.43. The smallest absolute Gasteiger partial charge is 0.341 e. The molecule has 1 aliphatic carbocycles. The Morgan fingerprint density at radius 3 is 2.63 bits per heavy atom. The van der Waals surface area contributed by atoms with E-state index < -0.39 is 34.4 Å². The Kier molecular flexibility index (Phi) is 5.65. The molecule has 6 nitrogen and oxygen atoms in total.